The molecule has 1 fully saturated rings. The van der Waals surface area contributed by atoms with Gasteiger partial charge in [-0.1, -0.05) is 30.3 Å². The predicted molar refractivity (Wildman–Crippen MR) is 99.2 cm³/mol. The molecule has 2 N–H and O–H groups in total. The SMILES string of the molecule is COc1ccc(F)cc1C(CN)C1CCN(Cc2ccccc2)CC1. The fraction of sp³-hybridized carbons (Fsp3) is 0.429. The highest BCUT2D eigenvalue weighted by Crippen LogP contribution is 2.37. The van der Waals surface area contributed by atoms with E-state index < -0.39 is 0 Å². The summed E-state index contributed by atoms with van der Waals surface area (Å²) in [5, 5.41) is 0. The van der Waals surface area contributed by atoms with E-state index in [1.807, 2.05) is 6.07 Å². The van der Waals surface area contributed by atoms with E-state index in [1.54, 1.807) is 19.2 Å². The summed E-state index contributed by atoms with van der Waals surface area (Å²) in [6.07, 6.45) is 2.16. The van der Waals surface area contributed by atoms with Gasteiger partial charge in [-0.05, 0) is 62.2 Å². The van der Waals surface area contributed by atoms with Gasteiger partial charge in [0.2, 0.25) is 0 Å². The summed E-state index contributed by atoms with van der Waals surface area (Å²) < 4.78 is 19.2. The molecule has 1 heterocycles. The summed E-state index contributed by atoms with van der Waals surface area (Å²) in [5.74, 6) is 1.12. The van der Waals surface area contributed by atoms with Gasteiger partial charge in [0.15, 0.2) is 0 Å². The molecule has 0 radical (unpaired) electrons. The average molecular weight is 342 g/mol. The highest BCUT2D eigenvalue weighted by Gasteiger charge is 2.29. The lowest BCUT2D eigenvalue weighted by Crippen LogP contribution is -2.36. The molecule has 0 spiro atoms. The molecule has 0 amide bonds. The lowest BCUT2D eigenvalue weighted by Gasteiger charge is -2.36. The lowest BCUT2D eigenvalue weighted by molar-refractivity contribution is 0.162. The quantitative estimate of drug-likeness (QED) is 0.868. The van der Waals surface area contributed by atoms with Crippen molar-refractivity contribution in [1.82, 2.24) is 4.90 Å². The number of ether oxygens (including phenoxy) is 1. The number of halogens is 1. The minimum atomic E-state index is -0.226. The highest BCUT2D eigenvalue weighted by atomic mass is 19.1. The Morgan fingerprint density at radius 3 is 2.52 bits per heavy atom. The first kappa shape index (κ1) is 17.9. The maximum Gasteiger partial charge on any atom is 0.123 e. The van der Waals surface area contributed by atoms with Crippen molar-refractivity contribution in [3.63, 3.8) is 0 Å². The molecule has 4 heteroatoms. The molecule has 2 aromatic rings. The molecule has 0 aromatic heterocycles. The maximum absolute atomic E-state index is 13.7. The molecule has 1 unspecified atom stereocenters. The number of rotatable bonds is 6. The summed E-state index contributed by atoms with van der Waals surface area (Å²) >= 11 is 0. The van der Waals surface area contributed by atoms with Gasteiger partial charge in [-0.2, -0.15) is 0 Å². The fourth-order valence-corrected chi connectivity index (χ4v) is 3.92. The lowest BCUT2D eigenvalue weighted by atomic mass is 9.79. The number of methoxy groups -OCH3 is 1. The fourth-order valence-electron chi connectivity index (χ4n) is 3.92. The Labute approximate surface area is 149 Å². The molecule has 25 heavy (non-hydrogen) atoms. The van der Waals surface area contributed by atoms with Gasteiger partial charge in [-0.25, -0.2) is 4.39 Å². The molecule has 1 aliphatic rings. The van der Waals surface area contributed by atoms with Gasteiger partial charge in [-0.15, -0.1) is 0 Å². The normalized spacial score (nSPS) is 17.4. The maximum atomic E-state index is 13.7. The number of hydrogen-bond acceptors (Lipinski definition) is 3. The van der Waals surface area contributed by atoms with Crippen LogP contribution in [0, 0.1) is 11.7 Å². The van der Waals surface area contributed by atoms with E-state index in [9.17, 15) is 4.39 Å². The number of nitrogens with two attached hydrogens (primary N) is 1. The van der Waals surface area contributed by atoms with Gasteiger partial charge >= 0.3 is 0 Å². The zero-order valence-electron chi connectivity index (χ0n) is 14.8. The van der Waals surface area contributed by atoms with Crippen LogP contribution in [0.25, 0.3) is 0 Å². The molecule has 1 atom stereocenters. The first-order valence-electron chi connectivity index (χ1n) is 9.01. The molecule has 3 nitrogen and oxygen atoms in total. The van der Waals surface area contributed by atoms with E-state index in [-0.39, 0.29) is 11.7 Å². The van der Waals surface area contributed by atoms with Crippen LogP contribution in [-0.2, 0) is 6.54 Å². The zero-order chi connectivity index (χ0) is 17.6. The van der Waals surface area contributed by atoms with Gasteiger partial charge in [0.25, 0.3) is 0 Å². The molecule has 0 aliphatic carbocycles. The number of nitrogens with zero attached hydrogens (tertiary/aromatic N) is 1. The van der Waals surface area contributed by atoms with Gasteiger partial charge in [-0.3, -0.25) is 4.90 Å². The first-order chi connectivity index (χ1) is 12.2. The van der Waals surface area contributed by atoms with Crippen LogP contribution in [0.2, 0.25) is 0 Å². The standard InChI is InChI=1S/C21H27FN2O/c1-25-21-8-7-18(22)13-19(21)20(14-23)17-9-11-24(12-10-17)15-16-5-3-2-4-6-16/h2-8,13,17,20H,9-12,14-15,23H2,1H3. The smallest absolute Gasteiger partial charge is 0.123 e. The minimum absolute atomic E-state index is 0.143. The van der Waals surface area contributed by atoms with E-state index in [1.165, 1.54) is 11.6 Å². The summed E-state index contributed by atoms with van der Waals surface area (Å²) in [7, 11) is 1.63. The van der Waals surface area contributed by atoms with Gasteiger partial charge in [0.1, 0.15) is 11.6 Å². The Morgan fingerprint density at radius 2 is 1.88 bits per heavy atom. The Hall–Kier alpha value is -1.91. The minimum Gasteiger partial charge on any atom is -0.496 e. The Morgan fingerprint density at radius 1 is 1.16 bits per heavy atom. The van der Waals surface area contributed by atoms with Gasteiger partial charge in [0, 0.05) is 18.0 Å². The van der Waals surface area contributed by atoms with Crippen molar-refractivity contribution >= 4 is 0 Å². The van der Waals surface area contributed by atoms with Crippen LogP contribution in [0.3, 0.4) is 0 Å². The van der Waals surface area contributed by atoms with Crippen molar-refractivity contribution in [1.29, 1.82) is 0 Å². The van der Waals surface area contributed by atoms with E-state index in [2.05, 4.69) is 29.2 Å². The van der Waals surface area contributed by atoms with Crippen molar-refractivity contribution in [2.45, 2.75) is 25.3 Å². The second-order valence-corrected chi connectivity index (χ2v) is 6.83. The molecular formula is C21H27FN2O. The third kappa shape index (κ3) is 4.39. The Balaban J connectivity index is 1.65. The second kappa shape index (κ2) is 8.45. The van der Waals surface area contributed by atoms with Gasteiger partial charge in [0.05, 0.1) is 7.11 Å². The molecule has 1 saturated heterocycles. The van der Waals surface area contributed by atoms with Crippen LogP contribution in [0.1, 0.15) is 29.9 Å². The van der Waals surface area contributed by atoms with Crippen molar-refractivity contribution in [3.8, 4) is 5.75 Å². The summed E-state index contributed by atoms with van der Waals surface area (Å²) in [5.41, 5.74) is 8.33. The summed E-state index contributed by atoms with van der Waals surface area (Å²) in [6.45, 7) is 3.61. The number of likely N-dealkylation sites (tertiary alicyclic amines) is 1. The molecule has 2 aromatic carbocycles. The number of piperidine rings is 1. The Bertz CT molecular complexity index is 669. The molecule has 134 valence electrons. The van der Waals surface area contributed by atoms with Gasteiger partial charge < -0.3 is 10.5 Å². The van der Waals surface area contributed by atoms with Crippen molar-refractivity contribution < 1.29 is 9.13 Å². The van der Waals surface area contributed by atoms with Crippen LogP contribution < -0.4 is 10.5 Å². The van der Waals surface area contributed by atoms with E-state index in [0.717, 1.165) is 43.8 Å². The third-order valence-electron chi connectivity index (χ3n) is 5.30. The zero-order valence-corrected chi connectivity index (χ0v) is 14.8. The van der Waals surface area contributed by atoms with Crippen LogP contribution >= 0.6 is 0 Å². The monoisotopic (exact) mass is 342 g/mol. The van der Waals surface area contributed by atoms with E-state index >= 15 is 0 Å². The predicted octanol–water partition coefficient (Wildman–Crippen LogP) is 3.79. The summed E-state index contributed by atoms with van der Waals surface area (Å²) in [4.78, 5) is 2.49. The third-order valence-corrected chi connectivity index (χ3v) is 5.30. The van der Waals surface area contributed by atoms with E-state index in [4.69, 9.17) is 10.5 Å². The van der Waals surface area contributed by atoms with Crippen molar-refractivity contribution in [2.24, 2.45) is 11.7 Å². The number of benzene rings is 2. The first-order valence-corrected chi connectivity index (χ1v) is 9.01. The van der Waals surface area contributed by atoms with Crippen LogP contribution in [0.5, 0.6) is 5.75 Å². The topological polar surface area (TPSA) is 38.5 Å². The molecule has 3 rings (SSSR count). The van der Waals surface area contributed by atoms with Crippen LogP contribution in [0.15, 0.2) is 48.5 Å². The highest BCUT2D eigenvalue weighted by molar-refractivity contribution is 5.37. The molecule has 0 bridgehead atoms. The molecular weight excluding hydrogens is 315 g/mol. The second-order valence-electron chi connectivity index (χ2n) is 6.83. The number of hydrogen-bond donors (Lipinski definition) is 1. The van der Waals surface area contributed by atoms with Crippen LogP contribution in [0.4, 0.5) is 4.39 Å². The average Bonchev–Trinajstić information content (AvgIpc) is 2.65. The van der Waals surface area contributed by atoms with Crippen molar-refractivity contribution in [3.05, 3.63) is 65.5 Å². The molecule has 1 aliphatic heterocycles. The molecule has 0 saturated carbocycles. The largest absolute Gasteiger partial charge is 0.496 e. The van der Waals surface area contributed by atoms with E-state index in [0.29, 0.717) is 12.5 Å². The van der Waals surface area contributed by atoms with Crippen molar-refractivity contribution in [2.75, 3.05) is 26.7 Å². The Kier molecular flexibility index (Phi) is 6.05. The van der Waals surface area contributed by atoms with Crippen LogP contribution in [-0.4, -0.2) is 31.6 Å². The summed E-state index contributed by atoms with van der Waals surface area (Å²) in [6, 6.07) is 15.3.